The molecule has 7 nitrogen and oxygen atoms in total. The predicted octanol–water partition coefficient (Wildman–Crippen LogP) is 3.07. The van der Waals surface area contributed by atoms with Crippen LogP contribution in [0.3, 0.4) is 0 Å². The van der Waals surface area contributed by atoms with Gasteiger partial charge in [0.2, 0.25) is 0 Å². The molecule has 0 unspecified atom stereocenters. The van der Waals surface area contributed by atoms with E-state index in [2.05, 4.69) is 5.32 Å². The number of hydrogen-bond donors (Lipinski definition) is 1. The maximum absolute atomic E-state index is 11.3. The van der Waals surface area contributed by atoms with Gasteiger partial charge in [0.25, 0.3) is 5.69 Å². The van der Waals surface area contributed by atoms with E-state index in [1.165, 1.54) is 6.07 Å². The summed E-state index contributed by atoms with van der Waals surface area (Å²) in [5.74, 6) is 0. The summed E-state index contributed by atoms with van der Waals surface area (Å²) in [5, 5.41) is 25.4. The van der Waals surface area contributed by atoms with E-state index in [-0.39, 0.29) is 52.7 Å². The Bertz CT molecular complexity index is 545. The van der Waals surface area contributed by atoms with E-state index >= 15 is 0 Å². The summed E-state index contributed by atoms with van der Waals surface area (Å²) in [6.07, 6.45) is 1.47. The maximum atomic E-state index is 11.3. The van der Waals surface area contributed by atoms with E-state index in [1.54, 1.807) is 13.8 Å². The van der Waals surface area contributed by atoms with Crippen LogP contribution in [0.2, 0.25) is 0 Å². The standard InChI is InChI=1S/C13H19N3O4.Na.H/c1-5-10(6-2)14-12-11(15(17)18)7-8(3)9(4)13(12)16(19)20;;/h7,10,14H,5-6H2,1-4H3;;. The molecule has 1 aromatic carbocycles. The fourth-order valence-corrected chi connectivity index (χ4v) is 2.09. The number of nitro benzene ring substituents is 2. The molecular formula is C13H20N3NaO4. The van der Waals surface area contributed by atoms with Crippen molar-refractivity contribution < 1.29 is 9.85 Å². The van der Waals surface area contributed by atoms with Crippen LogP contribution in [0, 0.1) is 34.1 Å². The molecule has 0 aliphatic heterocycles. The second-order valence-electron chi connectivity index (χ2n) is 4.73. The molecule has 21 heavy (non-hydrogen) atoms. The van der Waals surface area contributed by atoms with Gasteiger partial charge in [0.15, 0.2) is 5.69 Å². The van der Waals surface area contributed by atoms with E-state index in [9.17, 15) is 20.2 Å². The number of benzene rings is 1. The number of hydrogen-bond acceptors (Lipinski definition) is 5. The Labute approximate surface area is 145 Å². The molecule has 0 atom stereocenters. The van der Waals surface area contributed by atoms with E-state index in [0.29, 0.717) is 11.1 Å². The van der Waals surface area contributed by atoms with Crippen LogP contribution in [-0.4, -0.2) is 45.4 Å². The summed E-state index contributed by atoms with van der Waals surface area (Å²) >= 11 is 0. The fourth-order valence-electron chi connectivity index (χ4n) is 2.09. The van der Waals surface area contributed by atoms with Crippen LogP contribution < -0.4 is 5.32 Å². The summed E-state index contributed by atoms with van der Waals surface area (Å²) in [4.78, 5) is 21.3. The first kappa shape index (κ1) is 19.8. The van der Waals surface area contributed by atoms with E-state index in [1.807, 2.05) is 13.8 Å². The van der Waals surface area contributed by atoms with Gasteiger partial charge in [-0.25, -0.2) is 0 Å². The van der Waals surface area contributed by atoms with Crippen molar-refractivity contribution in [3.63, 3.8) is 0 Å². The third-order valence-electron chi connectivity index (χ3n) is 3.51. The van der Waals surface area contributed by atoms with E-state index in [4.69, 9.17) is 0 Å². The Morgan fingerprint density at radius 2 is 1.67 bits per heavy atom. The van der Waals surface area contributed by atoms with Crippen molar-refractivity contribution >= 4 is 46.6 Å². The zero-order valence-electron chi connectivity index (χ0n) is 12.1. The van der Waals surface area contributed by atoms with Crippen LogP contribution in [0.15, 0.2) is 6.07 Å². The fraction of sp³-hybridized carbons (Fsp3) is 0.538. The Morgan fingerprint density at radius 3 is 2.05 bits per heavy atom. The summed E-state index contributed by atoms with van der Waals surface area (Å²) in [6.45, 7) is 7.10. The van der Waals surface area contributed by atoms with Crippen LogP contribution >= 0.6 is 0 Å². The average molecular weight is 305 g/mol. The molecule has 0 spiro atoms. The van der Waals surface area contributed by atoms with Crippen LogP contribution in [-0.2, 0) is 0 Å². The molecule has 0 saturated heterocycles. The molecule has 1 aromatic rings. The van der Waals surface area contributed by atoms with E-state index in [0.717, 1.165) is 12.8 Å². The molecule has 0 heterocycles. The number of nitrogens with one attached hydrogen (secondary N) is 1. The van der Waals surface area contributed by atoms with Crippen LogP contribution in [0.1, 0.15) is 37.8 Å². The summed E-state index contributed by atoms with van der Waals surface area (Å²) in [5.41, 5.74) is 0.555. The zero-order chi connectivity index (χ0) is 15.4. The van der Waals surface area contributed by atoms with Crippen LogP contribution in [0.5, 0.6) is 0 Å². The van der Waals surface area contributed by atoms with Gasteiger partial charge in [-0.15, -0.1) is 0 Å². The van der Waals surface area contributed by atoms with E-state index < -0.39 is 9.85 Å². The molecule has 0 bridgehead atoms. The molecule has 8 heteroatoms. The van der Waals surface area contributed by atoms with Crippen molar-refractivity contribution in [2.45, 2.75) is 46.6 Å². The van der Waals surface area contributed by atoms with Gasteiger partial charge in [0, 0.05) is 17.7 Å². The Balaban J connectivity index is 0.00000400. The average Bonchev–Trinajstić information content (AvgIpc) is 2.38. The third-order valence-corrected chi connectivity index (χ3v) is 3.51. The molecule has 0 aromatic heterocycles. The van der Waals surface area contributed by atoms with Crippen LogP contribution in [0.4, 0.5) is 17.1 Å². The van der Waals surface area contributed by atoms with Gasteiger partial charge in [-0.1, -0.05) is 13.8 Å². The van der Waals surface area contributed by atoms with Gasteiger partial charge in [-0.05, 0) is 32.3 Å². The number of anilines is 1. The second kappa shape index (κ2) is 8.31. The molecule has 0 aliphatic rings. The van der Waals surface area contributed by atoms with Crippen molar-refractivity contribution in [2.75, 3.05) is 5.32 Å². The quantitative estimate of drug-likeness (QED) is 0.494. The first-order chi connectivity index (χ1) is 9.33. The Morgan fingerprint density at radius 1 is 1.14 bits per heavy atom. The number of rotatable bonds is 6. The monoisotopic (exact) mass is 305 g/mol. The molecule has 0 saturated carbocycles. The SMILES string of the molecule is CCC(CC)Nc1c([N+](=O)[O-])cc(C)c(C)c1[N+](=O)[O-].[NaH]. The van der Waals surface area contributed by atoms with Crippen molar-refractivity contribution in [3.05, 3.63) is 37.4 Å². The first-order valence-electron chi connectivity index (χ1n) is 6.52. The Hall–Kier alpha value is -1.18. The van der Waals surface area contributed by atoms with Gasteiger partial charge in [0.05, 0.1) is 9.85 Å². The van der Waals surface area contributed by atoms with Gasteiger partial charge in [-0.3, -0.25) is 20.2 Å². The molecule has 0 fully saturated rings. The van der Waals surface area contributed by atoms with Crippen molar-refractivity contribution in [2.24, 2.45) is 0 Å². The first-order valence-corrected chi connectivity index (χ1v) is 6.52. The van der Waals surface area contributed by atoms with Crippen LogP contribution in [0.25, 0.3) is 0 Å². The number of aryl methyl sites for hydroxylation is 1. The molecule has 1 rings (SSSR count). The predicted molar refractivity (Wildman–Crippen MR) is 84.4 cm³/mol. The van der Waals surface area contributed by atoms with Crippen molar-refractivity contribution in [1.29, 1.82) is 0 Å². The molecule has 0 radical (unpaired) electrons. The number of nitrogens with zero attached hydrogens (tertiary/aromatic N) is 2. The zero-order valence-corrected chi connectivity index (χ0v) is 12.1. The molecule has 0 amide bonds. The molecule has 1 N–H and O–H groups in total. The Kier molecular flexibility index (Phi) is 7.84. The molecule has 112 valence electrons. The summed E-state index contributed by atoms with van der Waals surface area (Å²) in [6, 6.07) is 1.35. The summed E-state index contributed by atoms with van der Waals surface area (Å²) < 4.78 is 0. The normalized spacial score (nSPS) is 10.1. The van der Waals surface area contributed by atoms with Crippen molar-refractivity contribution in [1.82, 2.24) is 0 Å². The van der Waals surface area contributed by atoms with Crippen molar-refractivity contribution in [3.8, 4) is 0 Å². The van der Waals surface area contributed by atoms with Gasteiger partial charge in [0.1, 0.15) is 0 Å². The third kappa shape index (κ3) is 4.39. The second-order valence-corrected chi connectivity index (χ2v) is 4.73. The topological polar surface area (TPSA) is 98.3 Å². The molecule has 0 aliphatic carbocycles. The van der Waals surface area contributed by atoms with Gasteiger partial charge < -0.3 is 5.32 Å². The number of nitro groups is 2. The summed E-state index contributed by atoms with van der Waals surface area (Å²) in [7, 11) is 0. The van der Waals surface area contributed by atoms with Gasteiger partial charge in [-0.2, -0.15) is 0 Å². The van der Waals surface area contributed by atoms with Gasteiger partial charge >= 0.3 is 35.2 Å². The minimum atomic E-state index is -0.579. The minimum absolute atomic E-state index is 0. The molecular weight excluding hydrogens is 285 g/mol.